The molecule has 2 aromatic carbocycles. The summed E-state index contributed by atoms with van der Waals surface area (Å²) < 4.78 is 10.5. The minimum Gasteiger partial charge on any atom is -0.497 e. The summed E-state index contributed by atoms with van der Waals surface area (Å²) in [6, 6.07) is 0.329. The van der Waals surface area contributed by atoms with Crippen molar-refractivity contribution >= 4 is 81.2 Å². The lowest BCUT2D eigenvalue weighted by Crippen LogP contribution is -2.58. The Kier molecular flexibility index (Phi) is 22.5. The number of hydrogen-bond donors (Lipinski definition) is 9. The first-order chi connectivity index (χ1) is 36.7. The molecule has 1 saturated heterocycles. The number of aliphatic imine (C=N–C) groups is 1. The van der Waals surface area contributed by atoms with Gasteiger partial charge in [-0.3, -0.25) is 63.6 Å². The van der Waals surface area contributed by atoms with Gasteiger partial charge >= 0.3 is 5.63 Å². The number of anilines is 1. The van der Waals surface area contributed by atoms with Gasteiger partial charge in [0.1, 0.15) is 53.3 Å². The highest BCUT2D eigenvalue weighted by molar-refractivity contribution is 6.03. The maximum absolute atomic E-state index is 14.7. The number of nitrogens with two attached hydrogens (primary N) is 4. The highest BCUT2D eigenvalue weighted by Gasteiger charge is 2.38. The number of nitro benzene ring substituents is 2. The van der Waals surface area contributed by atoms with E-state index < -0.39 is 129 Å². The van der Waals surface area contributed by atoms with Crippen LogP contribution in [0.25, 0.3) is 11.0 Å². The summed E-state index contributed by atoms with van der Waals surface area (Å²) in [4.78, 5) is 149. The molecule has 424 valence electrons. The van der Waals surface area contributed by atoms with Crippen LogP contribution >= 0.6 is 0 Å². The van der Waals surface area contributed by atoms with Crippen molar-refractivity contribution in [3.05, 3.63) is 78.7 Å². The van der Waals surface area contributed by atoms with Crippen LogP contribution in [0.2, 0.25) is 0 Å². The molecule has 1 aliphatic rings. The molecule has 1 aromatic heterocycles. The van der Waals surface area contributed by atoms with E-state index in [4.69, 9.17) is 32.1 Å². The second kappa shape index (κ2) is 28.4. The zero-order chi connectivity index (χ0) is 58.1. The number of carbonyl (C=O) groups excluding carboxylic acids is 8. The van der Waals surface area contributed by atoms with E-state index in [0.717, 1.165) is 12.1 Å². The van der Waals surface area contributed by atoms with Gasteiger partial charge in [0.2, 0.25) is 47.3 Å². The summed E-state index contributed by atoms with van der Waals surface area (Å²) in [5.74, 6) is -6.99. The topological polar surface area (TPSA) is 445 Å². The summed E-state index contributed by atoms with van der Waals surface area (Å²) >= 11 is 0. The highest BCUT2D eigenvalue weighted by Crippen LogP contribution is 2.33. The molecule has 0 bridgehead atoms. The number of guanidine groups is 1. The van der Waals surface area contributed by atoms with E-state index >= 15 is 0 Å². The van der Waals surface area contributed by atoms with Crippen LogP contribution in [-0.2, 0) is 44.8 Å². The van der Waals surface area contributed by atoms with Crippen molar-refractivity contribution in [2.45, 2.75) is 116 Å². The lowest BCUT2D eigenvalue weighted by atomic mass is 10.0. The molecule has 2 heterocycles. The number of benzene rings is 2. The monoisotopic (exact) mass is 1090 g/mol. The van der Waals surface area contributed by atoms with Crippen molar-refractivity contribution in [1.82, 2.24) is 31.5 Å². The highest BCUT2D eigenvalue weighted by atomic mass is 16.6. The maximum Gasteiger partial charge on any atom is 0.336 e. The first-order valence-electron chi connectivity index (χ1n) is 24.9. The Bertz CT molecular complexity index is 2830. The third-order valence-corrected chi connectivity index (χ3v) is 12.4. The molecule has 78 heavy (non-hydrogen) atoms. The van der Waals surface area contributed by atoms with Gasteiger partial charge in [-0.05, 0) is 81.0 Å². The van der Waals surface area contributed by atoms with Crippen LogP contribution in [0.5, 0.6) is 5.75 Å². The maximum atomic E-state index is 14.7. The minimum absolute atomic E-state index is 0.0293. The SMILES string of the molecule is COc1ccc2c(CC(=O)N3CCC[C@H]3C(=O)N[C@@H](CC(C)C)C(=O)NCC(=O)N[C@@H](CC(C)C)C(=O)N(C[C@H](N)C(=O)N[C@@H](C)C(=O)N[C@@H](CCCN=C(N)N)C(N)=O)c3ccc([N+](=O)[O-])cc3[N+](=O)[O-])cc(=O)oc2c1. The number of fused-ring (bicyclic) bond motifs is 1. The van der Waals surface area contributed by atoms with Crippen molar-refractivity contribution in [2.75, 3.05) is 38.2 Å². The van der Waals surface area contributed by atoms with E-state index in [1.54, 1.807) is 39.8 Å². The Labute approximate surface area is 447 Å². The van der Waals surface area contributed by atoms with Gasteiger partial charge in [-0.1, -0.05) is 27.7 Å². The first-order valence-corrected chi connectivity index (χ1v) is 24.9. The lowest BCUT2D eigenvalue weighted by Gasteiger charge is -2.30. The molecule has 0 aliphatic carbocycles. The minimum atomic E-state index is -1.76. The number of amides is 8. The standard InChI is InChI=1S/C49H68N14O15/c1-25(2)17-34(59-47(71)37-10-8-16-60(37)41(65)19-28-20-42(66)78-39-22-30(77-6)12-13-31(28)39)46(70)55-23-40(64)57-35(18-26(3)4)48(72)61(36-14-11-29(62(73)74)21-38(36)63(75)76)24-32(50)45(69)56-27(5)44(68)58-33(43(51)67)9-7-15-54-49(52)53/h11-14,20-22,25-27,32-35,37H,7-10,15-19,23-24,50H2,1-6H3,(H2,51,67)(H,55,70)(H,56,69)(H,57,64)(H,58,68)(H,59,71)(H4,52,53,54)/t27-,32-,33-,34-,35-,37-/m0/s1. The van der Waals surface area contributed by atoms with E-state index in [9.17, 15) is 63.4 Å². The molecule has 0 saturated carbocycles. The third kappa shape index (κ3) is 17.7. The van der Waals surface area contributed by atoms with Crippen LogP contribution in [-0.4, -0.2) is 138 Å². The zero-order valence-corrected chi connectivity index (χ0v) is 44.1. The second-order valence-corrected chi connectivity index (χ2v) is 19.4. The Morgan fingerprint density at radius 2 is 1.53 bits per heavy atom. The van der Waals surface area contributed by atoms with Crippen molar-refractivity contribution in [3.63, 3.8) is 0 Å². The first kappa shape index (κ1) is 61.8. The number of ether oxygens (including phenoxy) is 1. The number of carbonyl (C=O) groups is 8. The van der Waals surface area contributed by atoms with Gasteiger partial charge in [0.25, 0.3) is 11.4 Å². The van der Waals surface area contributed by atoms with Crippen molar-refractivity contribution in [2.24, 2.45) is 39.8 Å². The Morgan fingerprint density at radius 3 is 2.14 bits per heavy atom. The molecule has 29 nitrogen and oxygen atoms in total. The molecule has 8 amide bonds. The molecule has 0 radical (unpaired) electrons. The number of nitrogens with one attached hydrogen (secondary N) is 5. The Balaban J connectivity index is 1.51. The molecular formula is C49H68N14O15. The number of non-ortho nitro benzene ring substituents is 1. The lowest BCUT2D eigenvalue weighted by molar-refractivity contribution is -0.393. The van der Waals surface area contributed by atoms with Gasteiger partial charge in [-0.25, -0.2) is 4.79 Å². The van der Waals surface area contributed by atoms with Crippen LogP contribution in [0.1, 0.15) is 78.7 Å². The van der Waals surface area contributed by atoms with Crippen LogP contribution in [0.15, 0.2) is 56.7 Å². The van der Waals surface area contributed by atoms with E-state index in [1.165, 1.54) is 31.1 Å². The average molecular weight is 1090 g/mol. The number of primary amides is 1. The molecule has 0 spiro atoms. The van der Waals surface area contributed by atoms with Crippen molar-refractivity contribution in [3.8, 4) is 5.75 Å². The second-order valence-electron chi connectivity index (χ2n) is 19.4. The summed E-state index contributed by atoms with van der Waals surface area (Å²) in [6.07, 6.45) is 0.733. The predicted octanol–water partition coefficient (Wildman–Crippen LogP) is -0.782. The molecule has 1 fully saturated rings. The molecule has 4 rings (SSSR count). The van der Waals surface area contributed by atoms with Crippen LogP contribution in [0, 0.1) is 32.1 Å². The Morgan fingerprint density at radius 1 is 0.846 bits per heavy atom. The molecule has 29 heteroatoms. The number of nitro groups is 2. The normalized spacial score (nSPS) is 15.0. The number of hydrogen-bond acceptors (Lipinski definition) is 17. The third-order valence-electron chi connectivity index (χ3n) is 12.4. The number of nitrogens with zero attached hydrogens (tertiary/aromatic N) is 5. The molecule has 13 N–H and O–H groups in total. The van der Waals surface area contributed by atoms with Gasteiger partial charge < -0.3 is 68.5 Å². The van der Waals surface area contributed by atoms with Crippen molar-refractivity contribution < 1.29 is 57.4 Å². The fourth-order valence-corrected chi connectivity index (χ4v) is 8.53. The summed E-state index contributed by atoms with van der Waals surface area (Å²) in [7, 11) is 1.45. The van der Waals surface area contributed by atoms with Gasteiger partial charge in [0, 0.05) is 36.7 Å². The number of likely N-dealkylation sites (tertiary alicyclic amines) is 1. The fraction of sp³-hybridized carbons (Fsp3) is 0.510. The van der Waals surface area contributed by atoms with E-state index in [-0.39, 0.29) is 75.0 Å². The van der Waals surface area contributed by atoms with E-state index in [0.29, 0.717) is 34.1 Å². The van der Waals surface area contributed by atoms with Crippen LogP contribution in [0.4, 0.5) is 17.1 Å². The Hall–Kier alpha value is -8.76. The van der Waals surface area contributed by atoms with Gasteiger partial charge in [-0.15, -0.1) is 0 Å². The smallest absolute Gasteiger partial charge is 0.336 e. The average Bonchev–Trinajstić information content (AvgIpc) is 3.87. The molecular weight excluding hydrogens is 1020 g/mol. The van der Waals surface area contributed by atoms with E-state index in [2.05, 4.69) is 31.6 Å². The number of methoxy groups -OCH3 is 1. The van der Waals surface area contributed by atoms with Gasteiger partial charge in [0.15, 0.2) is 5.96 Å². The van der Waals surface area contributed by atoms with Gasteiger partial charge in [-0.2, -0.15) is 0 Å². The quantitative estimate of drug-likeness (QED) is 0.0108. The zero-order valence-electron chi connectivity index (χ0n) is 44.1. The van der Waals surface area contributed by atoms with Crippen LogP contribution in [0.3, 0.4) is 0 Å². The van der Waals surface area contributed by atoms with Crippen LogP contribution < -0.4 is 64.8 Å². The van der Waals surface area contributed by atoms with Gasteiger partial charge in [0.05, 0.1) is 42.5 Å². The predicted molar refractivity (Wildman–Crippen MR) is 282 cm³/mol. The van der Waals surface area contributed by atoms with Crippen molar-refractivity contribution in [1.29, 1.82) is 0 Å². The molecule has 1 aliphatic heterocycles. The molecule has 0 unspecified atom stereocenters. The molecule has 3 aromatic rings. The summed E-state index contributed by atoms with van der Waals surface area (Å²) in [6.45, 7) is 6.93. The fourth-order valence-electron chi connectivity index (χ4n) is 8.53. The largest absolute Gasteiger partial charge is 0.497 e. The molecule has 6 atom stereocenters. The number of rotatable bonds is 28. The summed E-state index contributed by atoms with van der Waals surface area (Å²) in [5, 5.41) is 37.0. The summed E-state index contributed by atoms with van der Waals surface area (Å²) in [5.41, 5.74) is 20.1. The van der Waals surface area contributed by atoms with E-state index in [1.807, 2.05) is 0 Å².